The van der Waals surface area contributed by atoms with Crippen LogP contribution in [0.2, 0.25) is 0 Å². The van der Waals surface area contributed by atoms with Crippen LogP contribution in [0.5, 0.6) is 0 Å². The predicted octanol–water partition coefficient (Wildman–Crippen LogP) is 2.06. The van der Waals surface area contributed by atoms with Crippen molar-refractivity contribution < 1.29 is 14.7 Å². The molecule has 0 saturated heterocycles. The van der Waals surface area contributed by atoms with Crippen molar-refractivity contribution in [3.05, 3.63) is 29.8 Å². The van der Waals surface area contributed by atoms with E-state index < -0.39 is 5.91 Å². The number of hydroxylamine groups is 1. The lowest BCUT2D eigenvalue weighted by atomic mass is 10.2. The second-order valence-corrected chi connectivity index (χ2v) is 5.37. The van der Waals surface area contributed by atoms with Gasteiger partial charge in [0.1, 0.15) is 0 Å². The Morgan fingerprint density at radius 2 is 1.89 bits per heavy atom. The van der Waals surface area contributed by atoms with Crippen molar-refractivity contribution in [3.63, 3.8) is 0 Å². The molecule has 0 saturated carbocycles. The molecule has 1 aromatic rings. The van der Waals surface area contributed by atoms with Gasteiger partial charge in [0.05, 0.1) is 12.2 Å². The van der Waals surface area contributed by atoms with E-state index in [9.17, 15) is 4.79 Å². The van der Waals surface area contributed by atoms with Gasteiger partial charge in [0.25, 0.3) is 5.91 Å². The number of ether oxygens (including phenoxy) is 1. The first-order valence-corrected chi connectivity index (χ1v) is 6.23. The smallest absolute Gasteiger partial charge is 0.274 e. The number of rotatable bonds is 5. The molecule has 5 nitrogen and oxygen atoms in total. The van der Waals surface area contributed by atoms with Gasteiger partial charge in [0.15, 0.2) is 0 Å². The summed E-state index contributed by atoms with van der Waals surface area (Å²) in [5.41, 5.74) is 2.89. The van der Waals surface area contributed by atoms with Crippen LogP contribution in [0.25, 0.3) is 0 Å². The number of nitrogens with one attached hydrogen (secondary N) is 1. The first-order chi connectivity index (χ1) is 8.83. The van der Waals surface area contributed by atoms with Crippen molar-refractivity contribution in [3.8, 4) is 0 Å². The quantitative estimate of drug-likeness (QED) is 0.632. The van der Waals surface area contributed by atoms with Gasteiger partial charge < -0.3 is 9.64 Å². The Hall–Kier alpha value is -1.59. The lowest BCUT2D eigenvalue weighted by molar-refractivity contribution is 0.00168. The van der Waals surface area contributed by atoms with E-state index in [4.69, 9.17) is 9.94 Å². The van der Waals surface area contributed by atoms with E-state index in [-0.39, 0.29) is 5.60 Å². The van der Waals surface area contributed by atoms with Crippen molar-refractivity contribution in [1.29, 1.82) is 0 Å². The number of anilines is 1. The van der Waals surface area contributed by atoms with Crippen LogP contribution in [0.15, 0.2) is 24.3 Å². The number of nitrogens with zero attached hydrogens (tertiary/aromatic N) is 1. The van der Waals surface area contributed by atoms with E-state index in [0.29, 0.717) is 12.2 Å². The molecule has 0 bridgehead atoms. The molecule has 5 heteroatoms. The number of benzene rings is 1. The Kier molecular flexibility index (Phi) is 5.32. The maximum atomic E-state index is 11.2. The van der Waals surface area contributed by atoms with Gasteiger partial charge in [-0.1, -0.05) is 0 Å². The highest BCUT2D eigenvalue weighted by molar-refractivity contribution is 5.93. The average molecular weight is 266 g/mol. The molecule has 0 heterocycles. The van der Waals surface area contributed by atoms with Gasteiger partial charge in [-0.2, -0.15) is 0 Å². The van der Waals surface area contributed by atoms with Gasteiger partial charge in [-0.3, -0.25) is 10.0 Å². The maximum Gasteiger partial charge on any atom is 0.274 e. The molecule has 0 fully saturated rings. The highest BCUT2D eigenvalue weighted by Gasteiger charge is 2.10. The topological polar surface area (TPSA) is 61.8 Å². The molecule has 0 aliphatic rings. The van der Waals surface area contributed by atoms with Crippen LogP contribution in [0.4, 0.5) is 5.69 Å². The van der Waals surface area contributed by atoms with Crippen LogP contribution < -0.4 is 10.4 Å². The molecular formula is C14H22N2O3. The molecule has 0 aliphatic heterocycles. The SMILES string of the molecule is CN(CCOC(C)(C)C)c1ccc(C(=O)NO)cc1. The molecule has 0 unspecified atom stereocenters. The summed E-state index contributed by atoms with van der Waals surface area (Å²) >= 11 is 0. The zero-order valence-electron chi connectivity index (χ0n) is 11.9. The van der Waals surface area contributed by atoms with E-state index in [1.54, 1.807) is 17.6 Å². The summed E-state index contributed by atoms with van der Waals surface area (Å²) in [6.07, 6.45) is 0. The van der Waals surface area contributed by atoms with Crippen LogP contribution in [0, 0.1) is 0 Å². The van der Waals surface area contributed by atoms with Gasteiger partial charge in [0, 0.05) is 24.8 Å². The van der Waals surface area contributed by atoms with E-state index in [2.05, 4.69) is 0 Å². The summed E-state index contributed by atoms with van der Waals surface area (Å²) in [5.74, 6) is -0.509. The molecule has 19 heavy (non-hydrogen) atoms. The van der Waals surface area contributed by atoms with Crippen molar-refractivity contribution in [2.24, 2.45) is 0 Å². The van der Waals surface area contributed by atoms with Gasteiger partial charge >= 0.3 is 0 Å². The highest BCUT2D eigenvalue weighted by Crippen LogP contribution is 2.14. The van der Waals surface area contributed by atoms with Crippen LogP contribution in [0.3, 0.4) is 0 Å². The highest BCUT2D eigenvalue weighted by atomic mass is 16.5. The second kappa shape index (κ2) is 6.54. The van der Waals surface area contributed by atoms with E-state index in [0.717, 1.165) is 12.2 Å². The van der Waals surface area contributed by atoms with E-state index in [1.165, 1.54) is 0 Å². The second-order valence-electron chi connectivity index (χ2n) is 5.37. The van der Waals surface area contributed by atoms with Crippen LogP contribution in [0.1, 0.15) is 31.1 Å². The van der Waals surface area contributed by atoms with E-state index in [1.807, 2.05) is 44.9 Å². The molecule has 1 rings (SSSR count). The monoisotopic (exact) mass is 266 g/mol. The summed E-state index contributed by atoms with van der Waals surface area (Å²) in [7, 11) is 1.97. The van der Waals surface area contributed by atoms with Crippen molar-refractivity contribution in [1.82, 2.24) is 5.48 Å². The minimum atomic E-state index is -0.509. The largest absolute Gasteiger partial charge is 0.374 e. The van der Waals surface area contributed by atoms with Crippen LogP contribution in [-0.4, -0.2) is 36.9 Å². The Labute approximate surface area is 114 Å². The summed E-state index contributed by atoms with van der Waals surface area (Å²) in [6, 6.07) is 7.01. The fourth-order valence-corrected chi connectivity index (χ4v) is 1.55. The van der Waals surface area contributed by atoms with Crippen molar-refractivity contribution >= 4 is 11.6 Å². The molecule has 0 aromatic heterocycles. The van der Waals surface area contributed by atoms with Gasteiger partial charge in [-0.15, -0.1) is 0 Å². The van der Waals surface area contributed by atoms with Gasteiger partial charge in [-0.05, 0) is 45.0 Å². The number of hydrogen-bond donors (Lipinski definition) is 2. The molecule has 1 aromatic carbocycles. The Morgan fingerprint density at radius 1 is 1.32 bits per heavy atom. The molecule has 106 valence electrons. The number of amides is 1. The van der Waals surface area contributed by atoms with Crippen molar-refractivity contribution in [2.45, 2.75) is 26.4 Å². The Balaban J connectivity index is 2.53. The zero-order valence-corrected chi connectivity index (χ0v) is 11.9. The normalized spacial score (nSPS) is 11.2. The number of carbonyl (C=O) groups excluding carboxylic acids is 1. The lowest BCUT2D eigenvalue weighted by Gasteiger charge is -2.24. The molecule has 2 N–H and O–H groups in total. The summed E-state index contributed by atoms with van der Waals surface area (Å²) < 4.78 is 5.66. The number of likely N-dealkylation sites (N-methyl/N-ethyl adjacent to an activating group) is 1. The molecule has 1 amide bonds. The minimum Gasteiger partial charge on any atom is -0.374 e. The summed E-state index contributed by atoms with van der Waals surface area (Å²) in [6.45, 7) is 7.47. The lowest BCUT2D eigenvalue weighted by Crippen LogP contribution is -2.28. The van der Waals surface area contributed by atoms with Crippen molar-refractivity contribution in [2.75, 3.05) is 25.1 Å². The molecule has 0 aliphatic carbocycles. The molecular weight excluding hydrogens is 244 g/mol. The summed E-state index contributed by atoms with van der Waals surface area (Å²) in [4.78, 5) is 13.2. The predicted molar refractivity (Wildman–Crippen MR) is 74.7 cm³/mol. The third-order valence-corrected chi connectivity index (χ3v) is 2.63. The van der Waals surface area contributed by atoms with E-state index >= 15 is 0 Å². The number of hydrogen-bond acceptors (Lipinski definition) is 4. The standard InChI is InChI=1S/C14H22N2O3/c1-14(2,3)19-10-9-16(4)12-7-5-11(6-8-12)13(17)15-18/h5-8,18H,9-10H2,1-4H3,(H,15,17). The summed E-state index contributed by atoms with van der Waals surface area (Å²) in [5, 5.41) is 8.53. The van der Waals surface area contributed by atoms with Gasteiger partial charge in [0.2, 0.25) is 0 Å². The first kappa shape index (κ1) is 15.5. The zero-order chi connectivity index (χ0) is 14.5. The maximum absolute atomic E-state index is 11.2. The first-order valence-electron chi connectivity index (χ1n) is 6.23. The Morgan fingerprint density at radius 3 is 2.37 bits per heavy atom. The third kappa shape index (κ3) is 5.28. The molecule has 0 spiro atoms. The van der Waals surface area contributed by atoms with Gasteiger partial charge in [-0.25, -0.2) is 5.48 Å². The molecule has 0 radical (unpaired) electrons. The fraction of sp³-hybridized carbons (Fsp3) is 0.500. The average Bonchev–Trinajstić information content (AvgIpc) is 2.36. The van der Waals surface area contributed by atoms with Crippen LogP contribution >= 0.6 is 0 Å². The fourth-order valence-electron chi connectivity index (χ4n) is 1.55. The number of carbonyl (C=O) groups is 1. The molecule has 0 atom stereocenters. The third-order valence-electron chi connectivity index (χ3n) is 2.63. The minimum absolute atomic E-state index is 0.135. The van der Waals surface area contributed by atoms with Crippen LogP contribution in [-0.2, 0) is 4.74 Å². The Bertz CT molecular complexity index is 410.